The number of hydrogen-bond donors (Lipinski definition) is 2. The Morgan fingerprint density at radius 2 is 0.960 bits per heavy atom. The first-order valence-corrected chi connectivity index (χ1v) is 29.1. The molecular formula is C54H97N7O13S. The zero-order valence-corrected chi connectivity index (χ0v) is 46.9. The van der Waals surface area contributed by atoms with Crippen molar-refractivity contribution in [3.8, 4) is 0 Å². The highest BCUT2D eigenvalue weighted by Crippen LogP contribution is 2.41. The molecule has 21 heteroatoms. The number of likely N-dealkylation sites (tertiary alicyclic amines) is 2. The number of aryl methyl sites for hydroxylation is 1. The summed E-state index contributed by atoms with van der Waals surface area (Å²) in [4.78, 5) is 16.6. The van der Waals surface area contributed by atoms with Crippen molar-refractivity contribution in [2.75, 3.05) is 224 Å². The lowest BCUT2D eigenvalue weighted by Crippen LogP contribution is -2.37. The Morgan fingerprint density at radius 1 is 0.533 bits per heavy atom. The maximum absolute atomic E-state index is 6.71. The number of fused-ring (bicyclic) bond motifs is 3. The molecule has 0 aliphatic carbocycles. The highest BCUT2D eigenvalue weighted by Gasteiger charge is 2.27. The van der Waals surface area contributed by atoms with Gasteiger partial charge in [-0.05, 0) is 95.6 Å². The number of rotatable bonds is 49. The summed E-state index contributed by atoms with van der Waals surface area (Å²) in [5.41, 5.74) is 15.2. The summed E-state index contributed by atoms with van der Waals surface area (Å²) in [5, 5.41) is 0. The zero-order chi connectivity index (χ0) is 52.6. The molecule has 5 rings (SSSR count). The summed E-state index contributed by atoms with van der Waals surface area (Å²) in [6.07, 6.45) is 9.70. The van der Waals surface area contributed by atoms with E-state index in [2.05, 4.69) is 27.4 Å². The van der Waals surface area contributed by atoms with Crippen molar-refractivity contribution in [3.63, 3.8) is 0 Å². The van der Waals surface area contributed by atoms with Crippen LogP contribution in [0.3, 0.4) is 0 Å². The third-order valence-corrected chi connectivity index (χ3v) is 14.7. The number of piperidine rings is 2. The Bertz CT molecular complexity index is 1830. The van der Waals surface area contributed by atoms with Crippen LogP contribution in [-0.4, -0.2) is 242 Å². The first kappa shape index (κ1) is 63.6. The number of nitrogens with zero attached hydrogens (tertiary/aromatic N) is 5. The van der Waals surface area contributed by atoms with E-state index >= 15 is 0 Å². The van der Waals surface area contributed by atoms with Gasteiger partial charge in [-0.2, -0.15) is 0 Å². The third kappa shape index (κ3) is 26.5. The second-order valence-electron chi connectivity index (χ2n) is 19.0. The third-order valence-electron chi connectivity index (χ3n) is 13.4. The Balaban J connectivity index is 0.878. The number of hydrogen-bond acceptors (Lipinski definition) is 20. The molecular weight excluding hydrogens is 987 g/mol. The number of thiophene rings is 1. The predicted molar refractivity (Wildman–Crippen MR) is 294 cm³/mol. The maximum atomic E-state index is 6.71. The number of ether oxygens (including phenoxy) is 13. The number of aromatic nitrogens is 3. The summed E-state index contributed by atoms with van der Waals surface area (Å²) < 4.78 is 76.1. The average Bonchev–Trinajstić information content (AvgIpc) is 4.02. The Labute approximate surface area is 452 Å². The smallest absolute Gasteiger partial charge is 0.152 e. The number of imidazole rings is 1. The fourth-order valence-corrected chi connectivity index (χ4v) is 10.4. The lowest BCUT2D eigenvalue weighted by Gasteiger charge is -2.32. The number of nitrogen functional groups attached to an aromatic ring is 1. The van der Waals surface area contributed by atoms with Crippen LogP contribution < -0.4 is 11.5 Å². The monoisotopic (exact) mass is 1080 g/mol. The largest absolute Gasteiger partial charge is 0.382 e. The molecule has 2 aliphatic heterocycles. The molecule has 0 atom stereocenters. The lowest BCUT2D eigenvalue weighted by atomic mass is 9.95. The maximum Gasteiger partial charge on any atom is 0.152 e. The van der Waals surface area contributed by atoms with Crippen LogP contribution in [0.4, 0.5) is 5.82 Å². The van der Waals surface area contributed by atoms with Gasteiger partial charge in [0.05, 0.1) is 174 Å². The van der Waals surface area contributed by atoms with Gasteiger partial charge in [0.15, 0.2) is 5.82 Å². The van der Waals surface area contributed by atoms with Crippen molar-refractivity contribution in [1.29, 1.82) is 0 Å². The van der Waals surface area contributed by atoms with E-state index in [-0.39, 0.29) is 0 Å². The zero-order valence-electron chi connectivity index (χ0n) is 46.0. The molecule has 0 radical (unpaired) electrons. The second kappa shape index (κ2) is 41.7. The lowest BCUT2D eigenvalue weighted by molar-refractivity contribution is -0.0236. The van der Waals surface area contributed by atoms with E-state index in [1.807, 2.05) is 11.3 Å². The van der Waals surface area contributed by atoms with E-state index < -0.39 is 0 Å². The van der Waals surface area contributed by atoms with Gasteiger partial charge >= 0.3 is 0 Å². The fourth-order valence-electron chi connectivity index (χ4n) is 9.04. The van der Waals surface area contributed by atoms with Crippen molar-refractivity contribution in [1.82, 2.24) is 24.3 Å². The molecule has 2 fully saturated rings. The average molecular weight is 1080 g/mol. The van der Waals surface area contributed by atoms with Crippen LogP contribution in [0.5, 0.6) is 0 Å². The van der Waals surface area contributed by atoms with Crippen LogP contribution in [0, 0.1) is 5.92 Å². The van der Waals surface area contributed by atoms with Crippen LogP contribution in [-0.2, 0) is 74.5 Å². The van der Waals surface area contributed by atoms with Crippen molar-refractivity contribution < 1.29 is 61.6 Å². The Hall–Kier alpha value is -2.26. The molecule has 2 aliphatic rings. The first-order valence-electron chi connectivity index (χ1n) is 28.3. The van der Waals surface area contributed by atoms with Crippen LogP contribution >= 0.6 is 11.3 Å². The van der Waals surface area contributed by atoms with Crippen molar-refractivity contribution >= 4 is 38.4 Å². The first-order chi connectivity index (χ1) is 37.1. The molecule has 5 heterocycles. The standard InChI is InChI=1S/C54H97N7O13S/c1-3-4-7-50-58-51-52(53-48(57-54(51)56)44-49(75-53)47-10-15-60(16-11-47)18-21-65-26-29-69-33-36-70-31-30-66-23-22-62-2)61(50)45-46-8-13-59(14-9-46)17-20-64-25-28-68-34-37-72-39-41-74-43-42-73-40-38-71-35-32-67-27-24-63-19-6-5-12-55/h44,46-47H,3-43,45,55H2,1-2H3,(H2,56,57). The van der Waals surface area contributed by atoms with E-state index in [0.29, 0.717) is 183 Å². The highest BCUT2D eigenvalue weighted by atomic mass is 32.1. The van der Waals surface area contributed by atoms with Gasteiger partial charge in [0.2, 0.25) is 0 Å². The van der Waals surface area contributed by atoms with Crippen molar-refractivity contribution in [2.45, 2.75) is 77.2 Å². The van der Waals surface area contributed by atoms with E-state index in [4.69, 9.17) is 83.0 Å². The topological polar surface area (TPSA) is 209 Å². The fraction of sp³-hybridized carbons (Fsp3) is 0.852. The summed E-state index contributed by atoms with van der Waals surface area (Å²) in [6, 6.07) is 2.31. The summed E-state index contributed by atoms with van der Waals surface area (Å²) in [5.74, 6) is 2.78. The van der Waals surface area contributed by atoms with Gasteiger partial charge in [-0.15, -0.1) is 11.3 Å². The quantitative estimate of drug-likeness (QED) is 0.0710. The van der Waals surface area contributed by atoms with E-state index in [1.54, 1.807) is 7.11 Å². The van der Waals surface area contributed by atoms with Gasteiger partial charge < -0.3 is 87.4 Å². The van der Waals surface area contributed by atoms with Crippen LogP contribution in [0.1, 0.15) is 74.9 Å². The normalized spacial score (nSPS) is 15.5. The molecule has 0 aromatic carbocycles. The molecule has 75 heavy (non-hydrogen) atoms. The minimum absolute atomic E-state index is 0.513. The van der Waals surface area contributed by atoms with E-state index in [1.165, 1.54) is 15.1 Å². The van der Waals surface area contributed by atoms with Gasteiger partial charge in [0, 0.05) is 44.6 Å². The molecule has 3 aromatic rings. The minimum Gasteiger partial charge on any atom is -0.382 e. The highest BCUT2D eigenvalue weighted by molar-refractivity contribution is 7.20. The van der Waals surface area contributed by atoms with Crippen LogP contribution in [0.25, 0.3) is 21.3 Å². The van der Waals surface area contributed by atoms with Gasteiger partial charge in [0.25, 0.3) is 0 Å². The predicted octanol–water partition coefficient (Wildman–Crippen LogP) is 5.05. The molecule has 432 valence electrons. The summed E-state index contributed by atoms with van der Waals surface area (Å²) in [7, 11) is 1.66. The van der Waals surface area contributed by atoms with Gasteiger partial charge in [-0.3, -0.25) is 0 Å². The minimum atomic E-state index is 0.513. The molecule has 0 spiro atoms. The van der Waals surface area contributed by atoms with Gasteiger partial charge in [-0.1, -0.05) is 13.3 Å². The molecule has 0 bridgehead atoms. The number of pyridine rings is 1. The number of nitrogens with two attached hydrogens (primary N) is 2. The van der Waals surface area contributed by atoms with Crippen molar-refractivity contribution in [2.24, 2.45) is 11.7 Å². The molecule has 0 saturated carbocycles. The van der Waals surface area contributed by atoms with Crippen LogP contribution in [0.2, 0.25) is 0 Å². The second-order valence-corrected chi connectivity index (χ2v) is 20.1. The molecule has 2 saturated heterocycles. The summed E-state index contributed by atoms with van der Waals surface area (Å²) in [6.45, 7) is 24.3. The van der Waals surface area contributed by atoms with E-state index in [0.717, 1.165) is 127 Å². The number of anilines is 1. The van der Waals surface area contributed by atoms with Crippen molar-refractivity contribution in [3.05, 3.63) is 16.8 Å². The molecule has 20 nitrogen and oxygen atoms in total. The van der Waals surface area contributed by atoms with Gasteiger partial charge in [0.1, 0.15) is 11.3 Å². The van der Waals surface area contributed by atoms with Crippen LogP contribution in [0.15, 0.2) is 6.07 Å². The van der Waals surface area contributed by atoms with E-state index in [9.17, 15) is 0 Å². The SMILES string of the molecule is CCCCc1nc2c(N)nc3cc(C4CCN(CCOCCOCCOCCOCCOC)CC4)sc3c2n1CC1CCN(CCOCCOCCOCCOCCOCCOCCOCCOCCCCN)CC1. The number of unbranched alkanes of at least 4 members (excludes halogenated alkanes) is 2. The molecule has 4 N–H and O–H groups in total. The Morgan fingerprint density at radius 3 is 1.40 bits per heavy atom. The van der Waals surface area contributed by atoms with Gasteiger partial charge in [-0.25, -0.2) is 9.97 Å². The molecule has 0 unspecified atom stereocenters. The Kier molecular flexibility index (Phi) is 35.4. The summed E-state index contributed by atoms with van der Waals surface area (Å²) >= 11 is 1.91. The molecule has 0 amide bonds. The number of methoxy groups -OCH3 is 1. The molecule has 3 aromatic heterocycles.